The monoisotopic (exact) mass is 1380 g/mol. The molecule has 7 aromatic rings. The molecule has 0 saturated carbocycles. The van der Waals surface area contributed by atoms with Crippen LogP contribution in [0, 0.1) is 17.8 Å². The Morgan fingerprint density at radius 3 is 1.24 bits per heavy atom. The minimum Gasteiger partial charge on any atom is -0.411 e. The molecule has 0 N–H and O–H groups in total. The molecule has 0 amide bonds. The summed E-state index contributed by atoms with van der Waals surface area (Å²) >= 11 is 0. The molecule has 5 fully saturated rings. The maximum Gasteiger partial charge on any atom is 0.192 e. The second-order valence-corrected chi connectivity index (χ2v) is 33.9. The summed E-state index contributed by atoms with van der Waals surface area (Å²) in [4.78, 5) is 0. The zero-order chi connectivity index (χ0) is 69.6. The molecule has 17 heteroatoms. The zero-order valence-electron chi connectivity index (χ0n) is 59.7. The van der Waals surface area contributed by atoms with Gasteiger partial charge in [-0.3, -0.25) is 0 Å². The highest BCUT2D eigenvalue weighted by Gasteiger charge is 2.57. The van der Waals surface area contributed by atoms with Crippen LogP contribution in [0.25, 0.3) is 0 Å². The summed E-state index contributed by atoms with van der Waals surface area (Å²) < 4.78 is 114. The lowest BCUT2D eigenvalue weighted by molar-refractivity contribution is -0.383. The Labute approximate surface area is 593 Å². The van der Waals surface area contributed by atoms with Crippen LogP contribution in [-0.2, 0) is 115 Å². The highest BCUT2D eigenvalue weighted by molar-refractivity contribution is 6.74. The van der Waals surface area contributed by atoms with Gasteiger partial charge in [-0.15, -0.1) is 0 Å². The van der Waals surface area contributed by atoms with E-state index in [9.17, 15) is 0 Å². The molecule has 0 spiro atoms. The van der Waals surface area contributed by atoms with E-state index >= 15 is 0 Å². The first-order valence-electron chi connectivity index (χ1n) is 36.0. The normalized spacial score (nSPS) is 31.8. The lowest BCUT2D eigenvalue weighted by Gasteiger charge is -2.53. The molecule has 16 nitrogen and oxygen atoms in total. The summed E-state index contributed by atoms with van der Waals surface area (Å²) in [7, 11) is -2.45. The minimum absolute atomic E-state index is 0.0115. The van der Waals surface area contributed by atoms with Crippen LogP contribution < -0.4 is 0 Å². The first kappa shape index (κ1) is 73.9. The van der Waals surface area contributed by atoms with Gasteiger partial charge in [0.2, 0.25) is 0 Å². The smallest absolute Gasteiger partial charge is 0.192 e. The standard InChI is InChI=1S/C83H104O16Si/c1-55-58(4)92-68(53-91-82-78(89-51-65-42-28-16-29-43-65)77(88-50-64-40-26-15-27-41-64)73(59(5)93-82)87-49-63-38-24-14-25-39-63)75(70(55)85-47-61-34-20-12-21-35-61)97-79-56(2)71(86-48-62-36-22-13-23-37-62)74(67(94-79)52-84-46-60-32-18-11-19-33-60)96-80-57(3)72(99-100(9,10)83(6,7)8)76-69(95-80)54-90-81(98-76)66-44-30-17-31-45-66/h11-45,55-59,67-82H,46-54H2,1-10H3. The maximum absolute atomic E-state index is 7.69. The molecular weight excluding hydrogens is 1280 g/mol. The Balaban J connectivity index is 0.875. The van der Waals surface area contributed by atoms with Gasteiger partial charge in [-0.2, -0.15) is 0 Å². The number of hydrogen-bond acceptors (Lipinski definition) is 16. The zero-order valence-corrected chi connectivity index (χ0v) is 60.7. The van der Waals surface area contributed by atoms with Crippen LogP contribution in [0.15, 0.2) is 212 Å². The van der Waals surface area contributed by atoms with Crippen molar-refractivity contribution >= 4 is 8.32 Å². The van der Waals surface area contributed by atoms with Crippen molar-refractivity contribution in [2.75, 3.05) is 19.8 Å². The van der Waals surface area contributed by atoms with E-state index in [1.807, 2.05) is 159 Å². The van der Waals surface area contributed by atoms with Gasteiger partial charge in [0.1, 0.15) is 54.9 Å². The van der Waals surface area contributed by atoms with Crippen LogP contribution in [0.1, 0.15) is 101 Å². The summed E-state index contributed by atoms with van der Waals surface area (Å²) in [6.45, 7) is 24.0. The fourth-order valence-electron chi connectivity index (χ4n) is 13.8. The highest BCUT2D eigenvalue weighted by Crippen LogP contribution is 2.46. The second-order valence-electron chi connectivity index (χ2n) is 29.1. The molecule has 21 atom stereocenters. The average molecular weight is 1390 g/mol. The molecule has 21 unspecified atom stereocenters. The number of hydrogen-bond donors (Lipinski definition) is 0. The molecule has 536 valence electrons. The number of benzene rings is 7. The first-order valence-corrected chi connectivity index (χ1v) is 38.9. The molecule has 5 heterocycles. The van der Waals surface area contributed by atoms with Crippen LogP contribution in [0.5, 0.6) is 0 Å². The molecule has 5 aliphatic rings. The van der Waals surface area contributed by atoms with Crippen molar-refractivity contribution in [2.45, 2.75) is 224 Å². The van der Waals surface area contributed by atoms with Crippen molar-refractivity contribution in [3.05, 3.63) is 251 Å². The summed E-state index contributed by atoms with van der Waals surface area (Å²) in [6.07, 6.45) is -11.7. The predicted octanol–water partition coefficient (Wildman–Crippen LogP) is 15.3. The Morgan fingerprint density at radius 2 is 0.760 bits per heavy atom. The molecule has 100 heavy (non-hydrogen) atoms. The summed E-state index contributed by atoms with van der Waals surface area (Å²) in [5.41, 5.74) is 6.98. The molecule has 7 aromatic carbocycles. The maximum atomic E-state index is 7.69. The van der Waals surface area contributed by atoms with Gasteiger partial charge >= 0.3 is 0 Å². The van der Waals surface area contributed by atoms with Gasteiger partial charge in [0, 0.05) is 23.3 Å². The lowest BCUT2D eigenvalue weighted by Crippen LogP contribution is -2.65. The molecule has 5 saturated heterocycles. The Morgan fingerprint density at radius 1 is 0.360 bits per heavy atom. The van der Waals surface area contributed by atoms with Crippen LogP contribution >= 0.6 is 0 Å². The molecule has 0 aliphatic carbocycles. The van der Waals surface area contributed by atoms with E-state index in [4.69, 9.17) is 75.5 Å². The van der Waals surface area contributed by atoms with Gasteiger partial charge in [-0.25, -0.2) is 0 Å². The fraction of sp³-hybridized carbons (Fsp3) is 0.494. The van der Waals surface area contributed by atoms with Crippen molar-refractivity contribution in [3.63, 3.8) is 0 Å². The third-order valence-electron chi connectivity index (χ3n) is 20.8. The van der Waals surface area contributed by atoms with E-state index in [1.54, 1.807) is 0 Å². The summed E-state index contributed by atoms with van der Waals surface area (Å²) in [5, 5.41) is -0.111. The van der Waals surface area contributed by atoms with E-state index in [0.29, 0.717) is 26.4 Å². The number of fused-ring (bicyclic) bond motifs is 1. The highest BCUT2D eigenvalue weighted by atomic mass is 28.4. The molecule has 0 radical (unpaired) electrons. The molecule has 0 bridgehead atoms. The lowest BCUT2D eigenvalue weighted by atomic mass is 9.87. The Bertz CT molecular complexity index is 3490. The van der Waals surface area contributed by atoms with E-state index in [1.165, 1.54) is 0 Å². The second kappa shape index (κ2) is 35.1. The van der Waals surface area contributed by atoms with Gasteiger partial charge in [-0.05, 0) is 65.4 Å². The van der Waals surface area contributed by atoms with E-state index in [0.717, 1.165) is 38.9 Å². The molecule has 0 aromatic heterocycles. The van der Waals surface area contributed by atoms with Crippen molar-refractivity contribution < 1.29 is 75.5 Å². The van der Waals surface area contributed by atoms with Gasteiger partial charge in [0.25, 0.3) is 0 Å². The Kier molecular flexibility index (Phi) is 25.9. The van der Waals surface area contributed by atoms with Gasteiger partial charge in [0.05, 0.1) is 90.0 Å². The van der Waals surface area contributed by atoms with Gasteiger partial charge in [0.15, 0.2) is 33.5 Å². The van der Waals surface area contributed by atoms with E-state index < -0.39 is 119 Å². The fourth-order valence-corrected chi connectivity index (χ4v) is 15.2. The summed E-state index contributed by atoms with van der Waals surface area (Å²) in [5.74, 6) is -0.983. The molecule has 12 rings (SSSR count). The van der Waals surface area contributed by atoms with E-state index in [-0.39, 0.29) is 56.0 Å². The first-order chi connectivity index (χ1) is 48.5. The minimum atomic E-state index is -2.45. The quantitative estimate of drug-likeness (QED) is 0.0409. The van der Waals surface area contributed by atoms with Crippen LogP contribution in [0.3, 0.4) is 0 Å². The van der Waals surface area contributed by atoms with Crippen molar-refractivity contribution in [2.24, 2.45) is 17.8 Å². The topological polar surface area (TPSA) is 148 Å². The van der Waals surface area contributed by atoms with Crippen molar-refractivity contribution in [1.82, 2.24) is 0 Å². The predicted molar refractivity (Wildman–Crippen MR) is 382 cm³/mol. The summed E-state index contributed by atoms with van der Waals surface area (Å²) in [6, 6.07) is 71.0. The largest absolute Gasteiger partial charge is 0.411 e. The number of rotatable bonds is 29. The van der Waals surface area contributed by atoms with Gasteiger partial charge in [-0.1, -0.05) is 254 Å². The van der Waals surface area contributed by atoms with Crippen LogP contribution in [0.2, 0.25) is 18.1 Å². The third-order valence-corrected chi connectivity index (χ3v) is 25.3. The van der Waals surface area contributed by atoms with E-state index in [2.05, 4.69) is 122 Å². The van der Waals surface area contributed by atoms with Crippen LogP contribution in [-0.4, -0.2) is 132 Å². The molecular formula is C83H104O16Si. The average Bonchev–Trinajstić information content (AvgIpc) is 0.766. The van der Waals surface area contributed by atoms with Crippen molar-refractivity contribution in [1.29, 1.82) is 0 Å². The third kappa shape index (κ3) is 18.9. The van der Waals surface area contributed by atoms with Gasteiger partial charge < -0.3 is 75.5 Å². The number of ether oxygens (including phenoxy) is 15. The SMILES string of the molecule is CC1OC(COC2OC(C)C(OCc3ccccc3)C(OCc3ccccc3)C2OCc2ccccc2)C(OC2OC(COCc3ccccc3)C(OC3OC4COC(c5ccccc5)OC4C(O[Si](C)(C)C(C)(C)C)C3C)C(OCc3ccccc3)C2C)C(OCc2ccccc2)C1C. The van der Waals surface area contributed by atoms with Crippen molar-refractivity contribution in [3.8, 4) is 0 Å². The van der Waals surface area contributed by atoms with Crippen LogP contribution in [0.4, 0.5) is 0 Å². The molecule has 5 aliphatic heterocycles. The Hall–Kier alpha value is -5.88.